The molecule has 0 radical (unpaired) electrons. The van der Waals surface area contributed by atoms with Crippen LogP contribution in [0.4, 0.5) is 0 Å². The van der Waals surface area contributed by atoms with Crippen molar-refractivity contribution < 1.29 is 4.79 Å². The normalized spacial score (nSPS) is 10.9. The molecule has 0 amide bonds. The van der Waals surface area contributed by atoms with Crippen LogP contribution < -0.4 is 0 Å². The fourth-order valence-corrected chi connectivity index (χ4v) is 1.79. The van der Waals surface area contributed by atoms with E-state index in [1.165, 1.54) is 0 Å². The Morgan fingerprint density at radius 2 is 2.17 bits per heavy atom. The summed E-state index contributed by atoms with van der Waals surface area (Å²) in [5.41, 5.74) is 1.25. The molecule has 0 saturated carbocycles. The molecule has 0 saturated heterocycles. The minimum Gasteiger partial charge on any atom is -0.292 e. The molecule has 5 heteroatoms. The summed E-state index contributed by atoms with van der Waals surface area (Å²) < 4.78 is 2.71. The number of pyridine rings is 1. The maximum Gasteiger partial charge on any atom is 0.187 e. The van der Waals surface area contributed by atoms with Crippen molar-refractivity contribution in [3.8, 4) is 0 Å². The number of nitrogens with zero attached hydrogens (tertiary/aromatic N) is 3. The molecule has 0 fully saturated rings. The second kappa shape index (κ2) is 5.44. The first-order valence-corrected chi connectivity index (χ1v) is 6.54. The van der Waals surface area contributed by atoms with Gasteiger partial charge in [-0.1, -0.05) is 0 Å². The summed E-state index contributed by atoms with van der Waals surface area (Å²) in [4.78, 5) is 16.1. The lowest BCUT2D eigenvalue weighted by Gasteiger charge is -2.03. The van der Waals surface area contributed by atoms with Gasteiger partial charge in [0.05, 0.1) is 12.1 Å². The predicted molar refractivity (Wildman–Crippen MR) is 72.6 cm³/mol. The quantitative estimate of drug-likeness (QED) is 0.816. The van der Waals surface area contributed by atoms with Crippen molar-refractivity contribution in [2.24, 2.45) is 0 Å². The van der Waals surface area contributed by atoms with Crippen LogP contribution in [0.3, 0.4) is 0 Å². The van der Waals surface area contributed by atoms with E-state index < -0.39 is 0 Å². The number of carbonyl (C=O) groups is 1. The standard InChI is InChI=1S/C13H14BrN3O/c1-9(2)17-6-5-11(16-17)7-13(18)12-4-3-10(14)8-15-12/h3-6,8-9H,7H2,1-2H3. The number of hydrogen-bond donors (Lipinski definition) is 0. The van der Waals surface area contributed by atoms with Gasteiger partial charge in [0.15, 0.2) is 5.78 Å². The molecule has 2 heterocycles. The third kappa shape index (κ3) is 3.04. The molecule has 4 nitrogen and oxygen atoms in total. The highest BCUT2D eigenvalue weighted by atomic mass is 79.9. The van der Waals surface area contributed by atoms with E-state index in [4.69, 9.17) is 0 Å². The van der Waals surface area contributed by atoms with Crippen LogP contribution in [0.15, 0.2) is 35.1 Å². The van der Waals surface area contributed by atoms with Gasteiger partial charge < -0.3 is 0 Å². The topological polar surface area (TPSA) is 47.8 Å². The Labute approximate surface area is 114 Å². The molecule has 0 unspecified atom stereocenters. The smallest absolute Gasteiger partial charge is 0.187 e. The van der Waals surface area contributed by atoms with Gasteiger partial charge >= 0.3 is 0 Å². The molecule has 2 aromatic rings. The highest BCUT2D eigenvalue weighted by Crippen LogP contribution is 2.10. The SMILES string of the molecule is CC(C)n1ccc(CC(=O)c2ccc(Br)cn2)n1. The highest BCUT2D eigenvalue weighted by Gasteiger charge is 2.11. The number of Topliss-reactive ketones (excluding diaryl/α,β-unsaturated/α-hetero) is 1. The van der Waals surface area contributed by atoms with Gasteiger partial charge in [-0.15, -0.1) is 0 Å². The molecular formula is C13H14BrN3O. The molecule has 94 valence electrons. The van der Waals surface area contributed by atoms with Gasteiger partial charge in [-0.05, 0) is 48.0 Å². The summed E-state index contributed by atoms with van der Waals surface area (Å²) in [5.74, 6) is -0.0171. The van der Waals surface area contributed by atoms with Crippen LogP contribution in [0.25, 0.3) is 0 Å². The number of rotatable bonds is 4. The average molecular weight is 308 g/mol. The molecule has 0 bridgehead atoms. The minimum absolute atomic E-state index is 0.0171. The third-order valence-electron chi connectivity index (χ3n) is 2.55. The van der Waals surface area contributed by atoms with Gasteiger partial charge in [-0.2, -0.15) is 5.10 Å². The molecule has 0 atom stereocenters. The van der Waals surface area contributed by atoms with Crippen LogP contribution in [-0.4, -0.2) is 20.5 Å². The molecule has 0 aromatic carbocycles. The second-order valence-corrected chi connectivity index (χ2v) is 5.26. The van der Waals surface area contributed by atoms with Crippen LogP contribution in [0, 0.1) is 0 Å². The van der Waals surface area contributed by atoms with E-state index in [1.807, 2.05) is 23.0 Å². The van der Waals surface area contributed by atoms with Crippen molar-refractivity contribution in [1.82, 2.24) is 14.8 Å². The highest BCUT2D eigenvalue weighted by molar-refractivity contribution is 9.10. The summed E-state index contributed by atoms with van der Waals surface area (Å²) in [6, 6.07) is 5.70. The largest absolute Gasteiger partial charge is 0.292 e. The molecule has 0 aliphatic carbocycles. The van der Waals surface area contributed by atoms with Crippen LogP contribution in [0.1, 0.15) is 36.1 Å². The van der Waals surface area contributed by atoms with E-state index >= 15 is 0 Å². The Hall–Kier alpha value is -1.49. The average Bonchev–Trinajstić information content (AvgIpc) is 2.78. The van der Waals surface area contributed by atoms with E-state index in [2.05, 4.69) is 39.9 Å². The molecule has 2 aromatic heterocycles. The van der Waals surface area contributed by atoms with Gasteiger partial charge in [0.2, 0.25) is 0 Å². The van der Waals surface area contributed by atoms with Crippen molar-refractivity contribution in [2.75, 3.05) is 0 Å². The van der Waals surface area contributed by atoms with Crippen molar-refractivity contribution in [1.29, 1.82) is 0 Å². The molecule has 0 N–H and O–H groups in total. The monoisotopic (exact) mass is 307 g/mol. The van der Waals surface area contributed by atoms with E-state index in [0.29, 0.717) is 11.7 Å². The zero-order valence-electron chi connectivity index (χ0n) is 10.3. The molecular weight excluding hydrogens is 294 g/mol. The van der Waals surface area contributed by atoms with Gasteiger partial charge in [0.1, 0.15) is 5.69 Å². The number of hydrogen-bond acceptors (Lipinski definition) is 3. The van der Waals surface area contributed by atoms with Crippen LogP contribution in [0.5, 0.6) is 0 Å². The first kappa shape index (κ1) is 13.0. The Balaban J connectivity index is 2.08. The third-order valence-corrected chi connectivity index (χ3v) is 3.02. The van der Waals surface area contributed by atoms with Crippen molar-refractivity contribution >= 4 is 21.7 Å². The van der Waals surface area contributed by atoms with Crippen molar-refractivity contribution in [3.63, 3.8) is 0 Å². The maximum absolute atomic E-state index is 12.0. The van der Waals surface area contributed by atoms with Crippen LogP contribution in [-0.2, 0) is 6.42 Å². The molecule has 0 aliphatic rings. The fourth-order valence-electron chi connectivity index (χ4n) is 1.56. The first-order chi connectivity index (χ1) is 8.56. The lowest BCUT2D eigenvalue weighted by atomic mass is 10.1. The first-order valence-electron chi connectivity index (χ1n) is 5.75. The zero-order chi connectivity index (χ0) is 13.1. The van der Waals surface area contributed by atoms with Crippen molar-refractivity contribution in [3.05, 3.63) is 46.5 Å². The summed E-state index contributed by atoms with van der Waals surface area (Å²) in [6.45, 7) is 4.10. The summed E-state index contributed by atoms with van der Waals surface area (Å²) in [6.07, 6.45) is 3.80. The predicted octanol–water partition coefficient (Wildman–Crippen LogP) is 3.05. The molecule has 18 heavy (non-hydrogen) atoms. The molecule has 0 aliphatic heterocycles. The Morgan fingerprint density at radius 1 is 1.39 bits per heavy atom. The van der Waals surface area contributed by atoms with E-state index in [1.54, 1.807) is 12.3 Å². The minimum atomic E-state index is -0.0171. The van der Waals surface area contributed by atoms with Gasteiger partial charge in [0.25, 0.3) is 0 Å². The molecule has 0 spiro atoms. The number of aromatic nitrogens is 3. The van der Waals surface area contributed by atoms with Crippen molar-refractivity contribution in [2.45, 2.75) is 26.3 Å². The second-order valence-electron chi connectivity index (χ2n) is 4.34. The van der Waals surface area contributed by atoms with E-state index in [0.717, 1.165) is 10.2 Å². The number of halogens is 1. The van der Waals surface area contributed by atoms with E-state index in [-0.39, 0.29) is 12.2 Å². The fraction of sp³-hybridized carbons (Fsp3) is 0.308. The summed E-state index contributed by atoms with van der Waals surface area (Å²) >= 11 is 3.29. The Morgan fingerprint density at radius 3 is 2.72 bits per heavy atom. The van der Waals surface area contributed by atoms with Crippen LogP contribution >= 0.6 is 15.9 Å². The lowest BCUT2D eigenvalue weighted by Crippen LogP contribution is -2.08. The summed E-state index contributed by atoms with van der Waals surface area (Å²) in [5, 5.41) is 4.35. The Kier molecular flexibility index (Phi) is 3.91. The number of ketones is 1. The van der Waals surface area contributed by atoms with Gasteiger partial charge in [-0.3, -0.25) is 14.5 Å². The van der Waals surface area contributed by atoms with Crippen LogP contribution in [0.2, 0.25) is 0 Å². The number of carbonyl (C=O) groups excluding carboxylic acids is 1. The summed E-state index contributed by atoms with van der Waals surface area (Å²) in [7, 11) is 0. The van der Waals surface area contributed by atoms with Gasteiger partial charge in [0, 0.05) is 22.9 Å². The lowest BCUT2D eigenvalue weighted by molar-refractivity contribution is 0.0987. The maximum atomic E-state index is 12.0. The zero-order valence-corrected chi connectivity index (χ0v) is 11.9. The van der Waals surface area contributed by atoms with E-state index in [9.17, 15) is 4.79 Å². The van der Waals surface area contributed by atoms with Gasteiger partial charge in [-0.25, -0.2) is 0 Å². The Bertz CT molecular complexity index is 546. The molecule has 2 rings (SSSR count).